The van der Waals surface area contributed by atoms with Gasteiger partial charge in [-0.15, -0.1) is 0 Å². The zero-order valence-corrected chi connectivity index (χ0v) is 8.33. The van der Waals surface area contributed by atoms with E-state index in [0.717, 1.165) is 11.3 Å². The lowest BCUT2D eigenvalue weighted by Crippen LogP contribution is -2.15. The van der Waals surface area contributed by atoms with E-state index >= 15 is 0 Å². The van der Waals surface area contributed by atoms with Gasteiger partial charge in [-0.25, -0.2) is 0 Å². The van der Waals surface area contributed by atoms with E-state index in [1.165, 1.54) is 7.11 Å². The molecule has 0 heterocycles. The molecule has 4 heteroatoms. The van der Waals surface area contributed by atoms with Gasteiger partial charge in [0.15, 0.2) is 0 Å². The van der Waals surface area contributed by atoms with Crippen molar-refractivity contribution in [3.63, 3.8) is 0 Å². The Kier molecular flexibility index (Phi) is 3.34. The van der Waals surface area contributed by atoms with E-state index in [2.05, 4.69) is 10.1 Å². The first-order valence-corrected chi connectivity index (χ1v) is 4.30. The minimum atomic E-state index is -0.302. The summed E-state index contributed by atoms with van der Waals surface area (Å²) >= 11 is 0. The Labute approximate surface area is 83.1 Å². The van der Waals surface area contributed by atoms with Crippen molar-refractivity contribution in [2.24, 2.45) is 0 Å². The molecule has 1 aromatic carbocycles. The highest BCUT2D eigenvalue weighted by Crippen LogP contribution is 2.16. The van der Waals surface area contributed by atoms with Gasteiger partial charge in [0.05, 0.1) is 7.11 Å². The second-order valence-corrected chi connectivity index (χ2v) is 3.00. The average Bonchev–Trinajstić information content (AvgIpc) is 2.19. The number of ether oxygens (including phenoxy) is 1. The van der Waals surface area contributed by atoms with Crippen LogP contribution in [0.3, 0.4) is 0 Å². The van der Waals surface area contributed by atoms with Gasteiger partial charge in [0.25, 0.3) is 0 Å². The van der Waals surface area contributed by atoms with E-state index in [1.807, 2.05) is 19.1 Å². The molecule has 3 N–H and O–H groups in total. The van der Waals surface area contributed by atoms with Gasteiger partial charge >= 0.3 is 5.97 Å². The van der Waals surface area contributed by atoms with Crippen molar-refractivity contribution in [2.45, 2.75) is 6.92 Å². The number of methoxy groups -OCH3 is 1. The van der Waals surface area contributed by atoms with E-state index in [9.17, 15) is 4.79 Å². The number of benzene rings is 1. The molecule has 0 atom stereocenters. The fraction of sp³-hybridized carbons (Fsp3) is 0.300. The molecule has 0 saturated carbocycles. The third-order valence-corrected chi connectivity index (χ3v) is 1.94. The molecule has 0 amide bonds. The van der Waals surface area contributed by atoms with Gasteiger partial charge < -0.3 is 15.8 Å². The molecule has 0 fully saturated rings. The highest BCUT2D eigenvalue weighted by molar-refractivity contribution is 5.75. The molecule has 0 spiro atoms. The Morgan fingerprint density at radius 1 is 1.57 bits per heavy atom. The molecule has 1 aromatic rings. The highest BCUT2D eigenvalue weighted by Gasteiger charge is 2.00. The molecular weight excluding hydrogens is 180 g/mol. The van der Waals surface area contributed by atoms with Crippen LogP contribution in [-0.2, 0) is 9.53 Å². The van der Waals surface area contributed by atoms with Gasteiger partial charge in [-0.05, 0) is 24.6 Å². The van der Waals surface area contributed by atoms with Crippen LogP contribution < -0.4 is 11.1 Å². The summed E-state index contributed by atoms with van der Waals surface area (Å²) in [6.45, 7) is 2.08. The van der Waals surface area contributed by atoms with Crippen molar-refractivity contribution < 1.29 is 9.53 Å². The molecule has 76 valence electrons. The van der Waals surface area contributed by atoms with Crippen LogP contribution in [0.4, 0.5) is 11.4 Å². The zero-order valence-electron chi connectivity index (χ0n) is 8.33. The van der Waals surface area contributed by atoms with Crippen molar-refractivity contribution in [3.05, 3.63) is 23.8 Å². The second kappa shape index (κ2) is 4.50. The number of hydrogen-bond donors (Lipinski definition) is 2. The summed E-state index contributed by atoms with van der Waals surface area (Å²) in [5.41, 5.74) is 8.25. The molecule has 0 aromatic heterocycles. The fourth-order valence-corrected chi connectivity index (χ4v) is 0.997. The Hall–Kier alpha value is -1.71. The van der Waals surface area contributed by atoms with Gasteiger partial charge in [0.1, 0.15) is 6.54 Å². The van der Waals surface area contributed by atoms with Crippen LogP contribution in [-0.4, -0.2) is 19.6 Å². The van der Waals surface area contributed by atoms with Gasteiger partial charge in [-0.3, -0.25) is 4.79 Å². The quantitative estimate of drug-likeness (QED) is 0.560. The fourth-order valence-electron chi connectivity index (χ4n) is 0.997. The molecule has 0 bridgehead atoms. The van der Waals surface area contributed by atoms with Crippen molar-refractivity contribution in [1.29, 1.82) is 0 Å². The minimum Gasteiger partial charge on any atom is -0.468 e. The molecule has 0 aliphatic rings. The predicted molar refractivity (Wildman–Crippen MR) is 56.1 cm³/mol. The average molecular weight is 194 g/mol. The summed E-state index contributed by atoms with van der Waals surface area (Å²) in [5, 5.41) is 2.91. The number of nitrogens with two attached hydrogens (primary N) is 1. The van der Waals surface area contributed by atoms with Crippen molar-refractivity contribution in [3.8, 4) is 0 Å². The lowest BCUT2D eigenvalue weighted by atomic mass is 10.2. The highest BCUT2D eigenvalue weighted by atomic mass is 16.5. The molecule has 0 saturated heterocycles. The van der Waals surface area contributed by atoms with Crippen LogP contribution >= 0.6 is 0 Å². The summed E-state index contributed by atoms with van der Waals surface area (Å²) in [6, 6.07) is 5.56. The number of aryl methyl sites for hydroxylation is 1. The monoisotopic (exact) mass is 194 g/mol. The van der Waals surface area contributed by atoms with Crippen LogP contribution in [0.25, 0.3) is 0 Å². The summed E-state index contributed by atoms with van der Waals surface area (Å²) in [6.07, 6.45) is 0. The number of hydrogen-bond acceptors (Lipinski definition) is 4. The van der Waals surface area contributed by atoms with Crippen LogP contribution in [0, 0.1) is 6.92 Å². The zero-order chi connectivity index (χ0) is 10.6. The molecule has 1 rings (SSSR count). The Bertz CT molecular complexity index is 337. The Morgan fingerprint density at radius 3 is 2.86 bits per heavy atom. The number of nitrogen functional groups attached to an aromatic ring is 1. The first-order chi connectivity index (χ1) is 6.63. The molecule has 0 unspecified atom stereocenters. The normalized spacial score (nSPS) is 9.57. The maximum atomic E-state index is 10.8. The maximum Gasteiger partial charge on any atom is 0.325 e. The van der Waals surface area contributed by atoms with E-state index in [4.69, 9.17) is 5.73 Å². The number of carbonyl (C=O) groups excluding carboxylic acids is 1. The van der Waals surface area contributed by atoms with Gasteiger partial charge in [0, 0.05) is 11.4 Å². The largest absolute Gasteiger partial charge is 0.468 e. The molecule has 0 aliphatic carbocycles. The summed E-state index contributed by atoms with van der Waals surface area (Å²) in [5.74, 6) is -0.302. The lowest BCUT2D eigenvalue weighted by molar-refractivity contribution is -0.138. The Morgan fingerprint density at radius 2 is 2.29 bits per heavy atom. The molecule has 0 aliphatic heterocycles. The number of rotatable bonds is 3. The van der Waals surface area contributed by atoms with Crippen LogP contribution in [0.2, 0.25) is 0 Å². The summed E-state index contributed by atoms with van der Waals surface area (Å²) in [7, 11) is 1.35. The Balaban J connectivity index is 2.60. The summed E-state index contributed by atoms with van der Waals surface area (Å²) < 4.78 is 4.49. The smallest absolute Gasteiger partial charge is 0.325 e. The van der Waals surface area contributed by atoms with E-state index in [1.54, 1.807) is 6.07 Å². The van der Waals surface area contributed by atoms with E-state index in [0.29, 0.717) is 5.69 Å². The summed E-state index contributed by atoms with van der Waals surface area (Å²) in [4.78, 5) is 10.8. The van der Waals surface area contributed by atoms with Crippen LogP contribution in [0.5, 0.6) is 0 Å². The first-order valence-electron chi connectivity index (χ1n) is 4.30. The van der Waals surface area contributed by atoms with E-state index in [-0.39, 0.29) is 12.5 Å². The maximum absolute atomic E-state index is 10.8. The number of esters is 1. The van der Waals surface area contributed by atoms with Crippen molar-refractivity contribution in [2.75, 3.05) is 24.7 Å². The second-order valence-electron chi connectivity index (χ2n) is 3.00. The SMILES string of the molecule is COC(=O)CNc1ccc(C)c(N)c1. The van der Waals surface area contributed by atoms with Crippen LogP contribution in [0.15, 0.2) is 18.2 Å². The molecule has 14 heavy (non-hydrogen) atoms. The molecular formula is C10H14N2O2. The minimum absolute atomic E-state index is 0.152. The third-order valence-electron chi connectivity index (χ3n) is 1.94. The number of anilines is 2. The van der Waals surface area contributed by atoms with E-state index < -0.39 is 0 Å². The van der Waals surface area contributed by atoms with Gasteiger partial charge in [-0.1, -0.05) is 6.07 Å². The van der Waals surface area contributed by atoms with Crippen LogP contribution in [0.1, 0.15) is 5.56 Å². The van der Waals surface area contributed by atoms with Crippen molar-refractivity contribution in [1.82, 2.24) is 0 Å². The standard InChI is InChI=1S/C10H14N2O2/c1-7-3-4-8(5-9(7)11)12-6-10(13)14-2/h3-5,12H,6,11H2,1-2H3. The first kappa shape index (κ1) is 10.4. The number of carbonyl (C=O) groups is 1. The van der Waals surface area contributed by atoms with Gasteiger partial charge in [0.2, 0.25) is 0 Å². The number of nitrogens with one attached hydrogen (secondary N) is 1. The lowest BCUT2D eigenvalue weighted by Gasteiger charge is -2.07. The van der Waals surface area contributed by atoms with Crippen molar-refractivity contribution >= 4 is 17.3 Å². The third kappa shape index (κ3) is 2.65. The molecule has 4 nitrogen and oxygen atoms in total. The van der Waals surface area contributed by atoms with Gasteiger partial charge in [-0.2, -0.15) is 0 Å². The topological polar surface area (TPSA) is 64.3 Å². The predicted octanol–water partition coefficient (Wildman–Crippen LogP) is 1.16. The molecule has 0 radical (unpaired) electrons.